The average Bonchev–Trinajstić information content (AvgIpc) is 2.49. The van der Waals surface area contributed by atoms with Gasteiger partial charge < -0.3 is 4.74 Å². The summed E-state index contributed by atoms with van der Waals surface area (Å²) in [6, 6.07) is 14.6. The lowest BCUT2D eigenvalue weighted by molar-refractivity contribution is 0.0955. The standard InChI is InChI=1S/C16H15BrN2O2/c1-2-21-15-8-6-12(7-9-15)11-18-19-16(20)13-4-3-5-14(17)10-13/h3-11H,2H2,1H3,(H,19,20)/b18-11-. The highest BCUT2D eigenvalue weighted by molar-refractivity contribution is 9.10. The SMILES string of the molecule is CCOc1ccc(/C=N\NC(=O)c2cccc(Br)c2)cc1. The van der Waals surface area contributed by atoms with Crippen molar-refractivity contribution in [3.8, 4) is 5.75 Å². The maximum Gasteiger partial charge on any atom is 0.271 e. The monoisotopic (exact) mass is 346 g/mol. The molecule has 21 heavy (non-hydrogen) atoms. The number of amides is 1. The molecule has 0 fully saturated rings. The Morgan fingerprint density at radius 2 is 2.05 bits per heavy atom. The smallest absolute Gasteiger partial charge is 0.271 e. The van der Waals surface area contributed by atoms with Gasteiger partial charge in [-0.2, -0.15) is 5.10 Å². The molecule has 4 nitrogen and oxygen atoms in total. The van der Waals surface area contributed by atoms with Crippen LogP contribution >= 0.6 is 15.9 Å². The fourth-order valence-corrected chi connectivity index (χ4v) is 2.08. The molecule has 0 aliphatic rings. The number of rotatable bonds is 5. The molecule has 0 aliphatic carbocycles. The Hall–Kier alpha value is -2.14. The number of halogens is 1. The number of carbonyl (C=O) groups excluding carboxylic acids is 1. The van der Waals surface area contributed by atoms with Crippen molar-refractivity contribution in [3.63, 3.8) is 0 Å². The second kappa shape index (κ2) is 7.59. The van der Waals surface area contributed by atoms with Gasteiger partial charge in [0.1, 0.15) is 5.75 Å². The first-order chi connectivity index (χ1) is 10.2. The van der Waals surface area contributed by atoms with E-state index in [1.807, 2.05) is 37.3 Å². The summed E-state index contributed by atoms with van der Waals surface area (Å²) in [5, 5.41) is 3.94. The van der Waals surface area contributed by atoms with Crippen LogP contribution in [-0.4, -0.2) is 18.7 Å². The Kier molecular flexibility index (Phi) is 5.51. The van der Waals surface area contributed by atoms with E-state index >= 15 is 0 Å². The first-order valence-corrected chi connectivity index (χ1v) is 7.30. The van der Waals surface area contributed by atoms with Gasteiger partial charge in [0.2, 0.25) is 0 Å². The zero-order chi connectivity index (χ0) is 15.1. The highest BCUT2D eigenvalue weighted by atomic mass is 79.9. The van der Waals surface area contributed by atoms with Crippen LogP contribution in [0.3, 0.4) is 0 Å². The minimum Gasteiger partial charge on any atom is -0.494 e. The van der Waals surface area contributed by atoms with Gasteiger partial charge >= 0.3 is 0 Å². The molecule has 0 saturated carbocycles. The van der Waals surface area contributed by atoms with Crippen molar-refractivity contribution >= 4 is 28.1 Å². The van der Waals surface area contributed by atoms with E-state index < -0.39 is 0 Å². The normalized spacial score (nSPS) is 10.6. The molecule has 0 aliphatic heterocycles. The minimum atomic E-state index is -0.251. The molecular formula is C16H15BrN2O2. The number of hydrazone groups is 1. The highest BCUT2D eigenvalue weighted by Gasteiger charge is 2.03. The number of benzene rings is 2. The van der Waals surface area contributed by atoms with Crippen molar-refractivity contribution in [1.29, 1.82) is 0 Å². The Labute approximate surface area is 132 Å². The van der Waals surface area contributed by atoms with E-state index in [1.165, 1.54) is 0 Å². The Morgan fingerprint density at radius 3 is 2.71 bits per heavy atom. The van der Waals surface area contributed by atoms with Gasteiger partial charge in [-0.25, -0.2) is 5.43 Å². The van der Waals surface area contributed by atoms with Gasteiger partial charge in [-0.3, -0.25) is 4.79 Å². The number of carbonyl (C=O) groups is 1. The van der Waals surface area contributed by atoms with Gasteiger partial charge in [-0.05, 0) is 55.0 Å². The van der Waals surface area contributed by atoms with E-state index in [4.69, 9.17) is 4.74 Å². The van der Waals surface area contributed by atoms with E-state index in [2.05, 4.69) is 26.5 Å². The molecule has 0 radical (unpaired) electrons. The first-order valence-electron chi connectivity index (χ1n) is 6.51. The third-order valence-electron chi connectivity index (χ3n) is 2.66. The summed E-state index contributed by atoms with van der Waals surface area (Å²) in [6.45, 7) is 2.57. The molecule has 108 valence electrons. The Bertz CT molecular complexity index is 639. The fourth-order valence-electron chi connectivity index (χ4n) is 1.68. The predicted octanol–water partition coefficient (Wildman–Crippen LogP) is 3.61. The van der Waals surface area contributed by atoms with E-state index in [-0.39, 0.29) is 5.91 Å². The summed E-state index contributed by atoms with van der Waals surface area (Å²) in [6.07, 6.45) is 1.59. The van der Waals surface area contributed by atoms with Crippen LogP contribution in [-0.2, 0) is 0 Å². The number of nitrogens with one attached hydrogen (secondary N) is 1. The number of ether oxygens (including phenoxy) is 1. The lowest BCUT2D eigenvalue weighted by atomic mass is 10.2. The van der Waals surface area contributed by atoms with Gasteiger partial charge in [0.25, 0.3) is 5.91 Å². The van der Waals surface area contributed by atoms with Crippen LogP contribution in [0.2, 0.25) is 0 Å². The van der Waals surface area contributed by atoms with Crippen LogP contribution < -0.4 is 10.2 Å². The Balaban J connectivity index is 1.94. The van der Waals surface area contributed by atoms with Crippen LogP contribution in [0.4, 0.5) is 0 Å². The lowest BCUT2D eigenvalue weighted by Crippen LogP contribution is -2.17. The zero-order valence-corrected chi connectivity index (χ0v) is 13.1. The molecular weight excluding hydrogens is 332 g/mol. The molecule has 1 N–H and O–H groups in total. The van der Waals surface area contributed by atoms with Gasteiger partial charge in [0.15, 0.2) is 0 Å². The molecule has 1 amide bonds. The van der Waals surface area contributed by atoms with E-state index in [1.54, 1.807) is 24.4 Å². The lowest BCUT2D eigenvalue weighted by Gasteiger charge is -2.02. The summed E-state index contributed by atoms with van der Waals surface area (Å²) in [7, 11) is 0. The molecule has 0 atom stereocenters. The molecule has 2 rings (SSSR count). The van der Waals surface area contributed by atoms with Gasteiger partial charge in [-0.1, -0.05) is 22.0 Å². The molecule has 0 saturated heterocycles. The van der Waals surface area contributed by atoms with Crippen LogP contribution in [0.15, 0.2) is 58.1 Å². The van der Waals surface area contributed by atoms with Gasteiger partial charge in [-0.15, -0.1) is 0 Å². The van der Waals surface area contributed by atoms with Crippen molar-refractivity contribution in [2.45, 2.75) is 6.92 Å². The van der Waals surface area contributed by atoms with Crippen LogP contribution in [0.1, 0.15) is 22.8 Å². The molecule has 5 heteroatoms. The van der Waals surface area contributed by atoms with Crippen LogP contribution in [0.5, 0.6) is 5.75 Å². The predicted molar refractivity (Wildman–Crippen MR) is 86.8 cm³/mol. The van der Waals surface area contributed by atoms with E-state index in [0.717, 1.165) is 15.8 Å². The van der Waals surface area contributed by atoms with E-state index in [0.29, 0.717) is 12.2 Å². The average molecular weight is 347 g/mol. The maximum absolute atomic E-state index is 11.9. The van der Waals surface area contributed by atoms with Gasteiger partial charge in [0.05, 0.1) is 12.8 Å². The summed E-state index contributed by atoms with van der Waals surface area (Å²) in [5.41, 5.74) is 3.92. The highest BCUT2D eigenvalue weighted by Crippen LogP contribution is 2.12. The molecule has 2 aromatic rings. The maximum atomic E-state index is 11.9. The molecule has 0 bridgehead atoms. The van der Waals surface area contributed by atoms with Crippen molar-refractivity contribution in [1.82, 2.24) is 5.43 Å². The largest absolute Gasteiger partial charge is 0.494 e. The number of hydrogen-bond acceptors (Lipinski definition) is 3. The van der Waals surface area contributed by atoms with Crippen molar-refractivity contribution in [3.05, 3.63) is 64.1 Å². The van der Waals surface area contributed by atoms with Crippen molar-refractivity contribution < 1.29 is 9.53 Å². The molecule has 0 heterocycles. The number of nitrogens with zero attached hydrogens (tertiary/aromatic N) is 1. The summed E-state index contributed by atoms with van der Waals surface area (Å²) >= 11 is 3.32. The zero-order valence-electron chi connectivity index (χ0n) is 11.5. The topological polar surface area (TPSA) is 50.7 Å². The summed E-state index contributed by atoms with van der Waals surface area (Å²) < 4.78 is 6.21. The summed E-state index contributed by atoms with van der Waals surface area (Å²) in [5.74, 6) is 0.561. The van der Waals surface area contributed by atoms with Crippen LogP contribution in [0, 0.1) is 0 Å². The van der Waals surface area contributed by atoms with Crippen molar-refractivity contribution in [2.75, 3.05) is 6.61 Å². The minimum absolute atomic E-state index is 0.251. The third-order valence-corrected chi connectivity index (χ3v) is 3.15. The molecule has 0 unspecified atom stereocenters. The fraction of sp³-hybridized carbons (Fsp3) is 0.125. The molecule has 0 spiro atoms. The number of hydrogen-bond donors (Lipinski definition) is 1. The van der Waals surface area contributed by atoms with Crippen molar-refractivity contribution in [2.24, 2.45) is 5.10 Å². The van der Waals surface area contributed by atoms with Crippen LogP contribution in [0.25, 0.3) is 0 Å². The van der Waals surface area contributed by atoms with E-state index in [9.17, 15) is 4.79 Å². The summed E-state index contributed by atoms with van der Waals surface area (Å²) in [4.78, 5) is 11.9. The Morgan fingerprint density at radius 1 is 1.29 bits per heavy atom. The second-order valence-corrected chi connectivity index (χ2v) is 5.13. The first kappa shape index (κ1) is 15.3. The molecule has 2 aromatic carbocycles. The molecule has 0 aromatic heterocycles. The third kappa shape index (κ3) is 4.72. The van der Waals surface area contributed by atoms with Gasteiger partial charge in [0, 0.05) is 10.0 Å². The quantitative estimate of drug-likeness (QED) is 0.664. The second-order valence-electron chi connectivity index (χ2n) is 4.21.